The first-order valence-electron chi connectivity index (χ1n) is 8.97. The number of benzene rings is 2. The first-order chi connectivity index (χ1) is 13.5. The van der Waals surface area contributed by atoms with Crippen LogP contribution in [0.3, 0.4) is 0 Å². The molecule has 1 N–H and O–H groups in total. The van der Waals surface area contributed by atoms with Crippen LogP contribution in [0.2, 0.25) is 0 Å². The summed E-state index contributed by atoms with van der Waals surface area (Å²) in [6, 6.07) is 12.9. The number of methoxy groups -OCH3 is 1. The topological polar surface area (TPSA) is 73.9 Å². The quantitative estimate of drug-likeness (QED) is 0.372. The molecule has 28 heavy (non-hydrogen) atoms. The van der Waals surface area contributed by atoms with E-state index in [0.29, 0.717) is 30.2 Å². The molecular formula is C21H25NO5S. The molecular weight excluding hydrogens is 378 g/mol. The summed E-state index contributed by atoms with van der Waals surface area (Å²) in [6.07, 6.45) is 0. The third kappa shape index (κ3) is 6.81. The van der Waals surface area contributed by atoms with Crippen molar-refractivity contribution in [2.75, 3.05) is 32.6 Å². The number of thioether (sulfide) groups is 1. The molecule has 0 bridgehead atoms. The second kappa shape index (κ2) is 11.2. The number of nitrogens with one attached hydrogen (secondary N) is 1. The Labute approximate surface area is 169 Å². The molecule has 150 valence electrons. The fourth-order valence-corrected chi connectivity index (χ4v) is 3.10. The van der Waals surface area contributed by atoms with Gasteiger partial charge >= 0.3 is 5.97 Å². The van der Waals surface area contributed by atoms with Gasteiger partial charge in [-0.25, -0.2) is 4.79 Å². The van der Waals surface area contributed by atoms with Crippen LogP contribution in [0.1, 0.15) is 22.8 Å². The van der Waals surface area contributed by atoms with Crippen molar-refractivity contribution in [3.05, 3.63) is 53.6 Å². The molecule has 2 aromatic rings. The maximum atomic E-state index is 12.1. The van der Waals surface area contributed by atoms with Crippen LogP contribution in [-0.2, 0) is 9.53 Å². The van der Waals surface area contributed by atoms with Crippen LogP contribution in [0, 0.1) is 6.92 Å². The summed E-state index contributed by atoms with van der Waals surface area (Å²) >= 11 is 1.65. The van der Waals surface area contributed by atoms with Gasteiger partial charge in [0.2, 0.25) is 0 Å². The molecule has 0 unspecified atom stereocenters. The van der Waals surface area contributed by atoms with E-state index in [1.165, 1.54) is 12.7 Å². The van der Waals surface area contributed by atoms with Gasteiger partial charge in [-0.05, 0) is 44.2 Å². The smallest absolute Gasteiger partial charge is 0.338 e. The summed E-state index contributed by atoms with van der Waals surface area (Å²) in [5, 5.41) is 2.74. The minimum Gasteiger partial charge on any atom is -0.493 e. The van der Waals surface area contributed by atoms with Gasteiger partial charge in [-0.1, -0.05) is 17.7 Å². The van der Waals surface area contributed by atoms with Crippen LogP contribution >= 0.6 is 11.8 Å². The van der Waals surface area contributed by atoms with Crippen molar-refractivity contribution in [1.29, 1.82) is 0 Å². The molecule has 2 rings (SSSR count). The molecule has 0 saturated carbocycles. The number of amides is 1. The van der Waals surface area contributed by atoms with Crippen LogP contribution in [0.25, 0.3) is 0 Å². The van der Waals surface area contributed by atoms with Gasteiger partial charge in [0.15, 0.2) is 18.1 Å². The first-order valence-corrected chi connectivity index (χ1v) is 9.96. The molecule has 0 saturated heterocycles. The highest BCUT2D eigenvalue weighted by molar-refractivity contribution is 7.99. The lowest BCUT2D eigenvalue weighted by molar-refractivity contribution is -0.124. The van der Waals surface area contributed by atoms with Crippen molar-refractivity contribution in [3.63, 3.8) is 0 Å². The van der Waals surface area contributed by atoms with Gasteiger partial charge in [-0.3, -0.25) is 4.79 Å². The lowest BCUT2D eigenvalue weighted by Crippen LogP contribution is -2.30. The van der Waals surface area contributed by atoms with Crippen molar-refractivity contribution in [1.82, 2.24) is 5.32 Å². The number of carbonyl (C=O) groups excluding carboxylic acids is 2. The van der Waals surface area contributed by atoms with Crippen LogP contribution in [0.5, 0.6) is 11.5 Å². The number of rotatable bonds is 10. The highest BCUT2D eigenvalue weighted by Crippen LogP contribution is 2.28. The molecule has 0 fully saturated rings. The lowest BCUT2D eigenvalue weighted by atomic mass is 10.2. The normalized spacial score (nSPS) is 10.2. The molecule has 0 aliphatic carbocycles. The second-order valence-corrected chi connectivity index (χ2v) is 7.05. The molecule has 0 heterocycles. The molecule has 6 nitrogen and oxygen atoms in total. The summed E-state index contributed by atoms with van der Waals surface area (Å²) in [5.74, 6) is 0.794. The van der Waals surface area contributed by atoms with E-state index in [1.54, 1.807) is 30.0 Å². The van der Waals surface area contributed by atoms with Gasteiger partial charge in [0, 0.05) is 17.2 Å². The number of hydrogen-bond donors (Lipinski definition) is 1. The third-order valence-electron chi connectivity index (χ3n) is 3.75. The summed E-state index contributed by atoms with van der Waals surface area (Å²) in [7, 11) is 1.53. The van der Waals surface area contributed by atoms with Crippen molar-refractivity contribution < 1.29 is 23.8 Å². The highest BCUT2D eigenvalue weighted by atomic mass is 32.2. The van der Waals surface area contributed by atoms with Crippen LogP contribution in [0.15, 0.2) is 47.4 Å². The first kappa shape index (κ1) is 21.6. The standard InChI is InChI=1S/C21H25NO5S/c1-4-26-19-13-16(7-10-18(19)25-3)21(24)27-14-20(23)22-11-12-28-17-8-5-15(2)6-9-17/h5-10,13H,4,11-12,14H2,1-3H3,(H,22,23). The van der Waals surface area contributed by atoms with E-state index in [2.05, 4.69) is 29.6 Å². The molecule has 0 spiro atoms. The number of aryl methyl sites for hydroxylation is 1. The van der Waals surface area contributed by atoms with E-state index in [1.807, 2.05) is 13.8 Å². The molecule has 0 atom stereocenters. The molecule has 7 heteroatoms. The summed E-state index contributed by atoms with van der Waals surface area (Å²) in [4.78, 5) is 25.2. The van der Waals surface area contributed by atoms with Crippen LogP contribution in [-0.4, -0.2) is 44.5 Å². The Morgan fingerprint density at radius 3 is 2.50 bits per heavy atom. The van der Waals surface area contributed by atoms with Crippen molar-refractivity contribution in [2.45, 2.75) is 18.7 Å². The summed E-state index contributed by atoms with van der Waals surface area (Å²) in [6.45, 7) is 4.49. The minimum atomic E-state index is -0.590. The molecule has 2 aromatic carbocycles. The van der Waals surface area contributed by atoms with Gasteiger partial charge in [0.25, 0.3) is 5.91 Å². The van der Waals surface area contributed by atoms with Crippen molar-refractivity contribution in [3.8, 4) is 11.5 Å². The molecule has 0 aromatic heterocycles. The van der Waals surface area contributed by atoms with E-state index in [4.69, 9.17) is 14.2 Å². The van der Waals surface area contributed by atoms with E-state index < -0.39 is 5.97 Å². The molecule has 1 amide bonds. The van der Waals surface area contributed by atoms with E-state index in [-0.39, 0.29) is 12.5 Å². The maximum absolute atomic E-state index is 12.1. The molecule has 0 aliphatic rings. The largest absolute Gasteiger partial charge is 0.493 e. The average Bonchev–Trinajstić information content (AvgIpc) is 2.71. The number of esters is 1. The Morgan fingerprint density at radius 2 is 1.82 bits per heavy atom. The van der Waals surface area contributed by atoms with Gasteiger partial charge in [0.05, 0.1) is 19.3 Å². The predicted octanol–water partition coefficient (Wildman–Crippen LogP) is 3.47. The Bertz CT molecular complexity index is 792. The summed E-state index contributed by atoms with van der Waals surface area (Å²) < 4.78 is 15.7. The van der Waals surface area contributed by atoms with Crippen molar-refractivity contribution >= 4 is 23.6 Å². The highest BCUT2D eigenvalue weighted by Gasteiger charge is 2.13. The number of hydrogen-bond acceptors (Lipinski definition) is 6. The maximum Gasteiger partial charge on any atom is 0.338 e. The van der Waals surface area contributed by atoms with Crippen LogP contribution in [0.4, 0.5) is 0 Å². The van der Waals surface area contributed by atoms with Crippen LogP contribution < -0.4 is 14.8 Å². The fourth-order valence-electron chi connectivity index (χ4n) is 2.33. The van der Waals surface area contributed by atoms with E-state index in [0.717, 1.165) is 10.6 Å². The molecule has 0 aliphatic heterocycles. The lowest BCUT2D eigenvalue weighted by Gasteiger charge is -2.11. The van der Waals surface area contributed by atoms with Gasteiger partial charge in [-0.2, -0.15) is 0 Å². The van der Waals surface area contributed by atoms with Gasteiger partial charge in [0.1, 0.15) is 0 Å². The Kier molecular flexibility index (Phi) is 8.68. The monoisotopic (exact) mass is 403 g/mol. The Morgan fingerprint density at radius 1 is 1.07 bits per heavy atom. The average molecular weight is 404 g/mol. The number of carbonyl (C=O) groups is 2. The zero-order valence-corrected chi connectivity index (χ0v) is 17.1. The zero-order chi connectivity index (χ0) is 20.4. The fraction of sp³-hybridized carbons (Fsp3) is 0.333. The van der Waals surface area contributed by atoms with Gasteiger partial charge in [-0.15, -0.1) is 11.8 Å². The van der Waals surface area contributed by atoms with Crippen molar-refractivity contribution in [2.24, 2.45) is 0 Å². The third-order valence-corrected chi connectivity index (χ3v) is 4.76. The molecule has 0 radical (unpaired) electrons. The predicted molar refractivity (Wildman–Crippen MR) is 109 cm³/mol. The van der Waals surface area contributed by atoms with Gasteiger partial charge < -0.3 is 19.5 Å². The Hall–Kier alpha value is -2.67. The minimum absolute atomic E-state index is 0.298. The Balaban J connectivity index is 1.73. The number of ether oxygens (including phenoxy) is 3. The van der Waals surface area contributed by atoms with E-state index in [9.17, 15) is 9.59 Å². The SMILES string of the molecule is CCOc1cc(C(=O)OCC(=O)NCCSc2ccc(C)cc2)ccc1OC. The second-order valence-electron chi connectivity index (χ2n) is 5.89. The zero-order valence-electron chi connectivity index (χ0n) is 16.3. The summed E-state index contributed by atoms with van der Waals surface area (Å²) in [5.41, 5.74) is 1.51. The van der Waals surface area contributed by atoms with E-state index >= 15 is 0 Å².